The lowest BCUT2D eigenvalue weighted by Crippen LogP contribution is -2.50. The van der Waals surface area contributed by atoms with Crippen LogP contribution in [0.25, 0.3) is 16.6 Å². The van der Waals surface area contributed by atoms with Gasteiger partial charge in [-0.15, -0.1) is 0 Å². The van der Waals surface area contributed by atoms with Crippen molar-refractivity contribution in [1.82, 2.24) is 14.5 Å². The molecule has 7 heteroatoms. The fraction of sp³-hybridized carbons (Fsp3) is 0.360. The van der Waals surface area contributed by atoms with Crippen LogP contribution >= 0.6 is 11.8 Å². The molecule has 1 saturated carbocycles. The number of hydrogen-bond acceptors (Lipinski definition) is 5. The van der Waals surface area contributed by atoms with Gasteiger partial charge in [-0.25, -0.2) is 4.98 Å². The number of amides is 1. The van der Waals surface area contributed by atoms with Crippen LogP contribution < -0.4 is 5.56 Å². The van der Waals surface area contributed by atoms with Crippen molar-refractivity contribution < 1.29 is 4.79 Å². The minimum absolute atomic E-state index is 0.108. The van der Waals surface area contributed by atoms with Gasteiger partial charge in [0.15, 0.2) is 5.16 Å². The highest BCUT2D eigenvalue weighted by molar-refractivity contribution is 7.99. The SMILES string of the molecule is Cc1ccccc1-n1c(SCC(=O)N(C)C2(C#N)CCCCC2)nc2ccccc2c1=O. The van der Waals surface area contributed by atoms with E-state index in [4.69, 9.17) is 4.98 Å². The van der Waals surface area contributed by atoms with Crippen molar-refractivity contribution in [2.24, 2.45) is 0 Å². The summed E-state index contributed by atoms with van der Waals surface area (Å²) in [6, 6.07) is 17.3. The number of aromatic nitrogens is 2. The average molecular weight is 447 g/mol. The average Bonchev–Trinajstić information content (AvgIpc) is 2.83. The molecule has 0 spiro atoms. The summed E-state index contributed by atoms with van der Waals surface area (Å²) in [7, 11) is 1.72. The topological polar surface area (TPSA) is 79.0 Å². The normalized spacial score (nSPS) is 15.3. The molecule has 0 unspecified atom stereocenters. The van der Waals surface area contributed by atoms with Crippen LogP contribution in [0, 0.1) is 18.3 Å². The van der Waals surface area contributed by atoms with Gasteiger partial charge in [-0.2, -0.15) is 5.26 Å². The highest BCUT2D eigenvalue weighted by Gasteiger charge is 2.38. The van der Waals surface area contributed by atoms with Crippen LogP contribution in [0.2, 0.25) is 0 Å². The van der Waals surface area contributed by atoms with Gasteiger partial charge in [0.1, 0.15) is 5.54 Å². The molecular weight excluding hydrogens is 420 g/mol. The van der Waals surface area contributed by atoms with Crippen molar-refractivity contribution in [1.29, 1.82) is 5.26 Å². The van der Waals surface area contributed by atoms with Crippen molar-refractivity contribution in [2.75, 3.05) is 12.8 Å². The van der Waals surface area contributed by atoms with Crippen LogP contribution in [0.3, 0.4) is 0 Å². The fourth-order valence-electron chi connectivity index (χ4n) is 4.36. The van der Waals surface area contributed by atoms with Gasteiger partial charge in [0, 0.05) is 7.05 Å². The monoisotopic (exact) mass is 446 g/mol. The van der Waals surface area contributed by atoms with Crippen molar-refractivity contribution in [3.8, 4) is 11.8 Å². The van der Waals surface area contributed by atoms with Crippen LogP contribution in [-0.4, -0.2) is 38.7 Å². The zero-order valence-corrected chi connectivity index (χ0v) is 19.2. The first kappa shape index (κ1) is 22.1. The van der Waals surface area contributed by atoms with Crippen LogP contribution in [0.1, 0.15) is 37.7 Å². The van der Waals surface area contributed by atoms with E-state index >= 15 is 0 Å². The van der Waals surface area contributed by atoms with Gasteiger partial charge in [0.05, 0.1) is 28.4 Å². The van der Waals surface area contributed by atoms with Gasteiger partial charge in [0.2, 0.25) is 5.91 Å². The maximum absolute atomic E-state index is 13.4. The van der Waals surface area contributed by atoms with E-state index in [1.807, 2.05) is 49.4 Å². The molecule has 0 saturated heterocycles. The van der Waals surface area contributed by atoms with Gasteiger partial charge < -0.3 is 4.90 Å². The number of aryl methyl sites for hydroxylation is 1. The molecule has 1 fully saturated rings. The molecule has 1 heterocycles. The van der Waals surface area contributed by atoms with E-state index in [1.165, 1.54) is 11.8 Å². The summed E-state index contributed by atoms with van der Waals surface area (Å²) < 4.78 is 1.59. The largest absolute Gasteiger partial charge is 0.326 e. The summed E-state index contributed by atoms with van der Waals surface area (Å²) in [6.07, 6.45) is 4.43. The number of nitrogens with zero attached hydrogens (tertiary/aromatic N) is 4. The second kappa shape index (κ2) is 9.17. The fourth-order valence-corrected chi connectivity index (χ4v) is 5.28. The lowest BCUT2D eigenvalue weighted by molar-refractivity contribution is -0.131. The third-order valence-corrected chi connectivity index (χ3v) is 7.25. The molecule has 4 rings (SSSR count). The summed E-state index contributed by atoms with van der Waals surface area (Å²) in [5.41, 5.74) is 1.41. The Morgan fingerprint density at radius 2 is 1.84 bits per heavy atom. The summed E-state index contributed by atoms with van der Waals surface area (Å²) in [6.45, 7) is 1.95. The molecule has 32 heavy (non-hydrogen) atoms. The molecule has 1 amide bonds. The number of carbonyl (C=O) groups excluding carboxylic acids is 1. The number of thioether (sulfide) groups is 1. The Hall–Kier alpha value is -3.11. The van der Waals surface area contributed by atoms with Crippen molar-refractivity contribution >= 4 is 28.6 Å². The molecule has 0 atom stereocenters. The Bertz CT molecular complexity index is 1250. The van der Waals surface area contributed by atoms with E-state index in [1.54, 1.807) is 22.6 Å². The number of benzene rings is 2. The molecule has 0 radical (unpaired) electrons. The second-order valence-corrected chi connectivity index (χ2v) is 9.23. The third-order valence-electron chi connectivity index (χ3n) is 6.33. The minimum atomic E-state index is -0.734. The van der Waals surface area contributed by atoms with Gasteiger partial charge in [-0.1, -0.05) is 61.4 Å². The van der Waals surface area contributed by atoms with Crippen molar-refractivity contribution in [3.05, 3.63) is 64.4 Å². The molecule has 6 nitrogen and oxygen atoms in total. The number of nitriles is 1. The predicted molar refractivity (Wildman–Crippen MR) is 127 cm³/mol. The molecule has 1 aliphatic rings. The maximum atomic E-state index is 13.4. The minimum Gasteiger partial charge on any atom is -0.326 e. The van der Waals surface area contributed by atoms with E-state index in [0.717, 1.165) is 30.5 Å². The zero-order valence-electron chi connectivity index (χ0n) is 18.4. The number of rotatable bonds is 5. The van der Waals surface area contributed by atoms with Gasteiger partial charge in [-0.05, 0) is 43.5 Å². The third kappa shape index (κ3) is 4.03. The molecule has 1 aliphatic carbocycles. The first-order valence-electron chi connectivity index (χ1n) is 10.9. The van der Waals surface area contributed by atoms with Gasteiger partial charge in [-0.3, -0.25) is 14.2 Å². The van der Waals surface area contributed by atoms with Crippen LogP contribution in [-0.2, 0) is 4.79 Å². The summed E-state index contributed by atoms with van der Waals surface area (Å²) >= 11 is 1.24. The standard InChI is InChI=1S/C25H26N4O2S/c1-18-10-4-7-13-21(18)29-23(31)19-11-5-6-12-20(19)27-24(29)32-16-22(30)28(2)25(17-26)14-8-3-9-15-25/h4-7,10-13H,3,8-9,14-16H2,1-2H3. The summed E-state index contributed by atoms with van der Waals surface area (Å²) in [5, 5.41) is 10.8. The molecule has 3 aromatic rings. The molecule has 2 aromatic carbocycles. The highest BCUT2D eigenvalue weighted by atomic mass is 32.2. The Balaban J connectivity index is 1.69. The van der Waals surface area contributed by atoms with Crippen molar-refractivity contribution in [3.63, 3.8) is 0 Å². The van der Waals surface area contributed by atoms with Gasteiger partial charge >= 0.3 is 0 Å². The van der Waals surface area contributed by atoms with Crippen LogP contribution in [0.15, 0.2) is 58.5 Å². The summed E-state index contributed by atoms with van der Waals surface area (Å²) in [4.78, 5) is 32.8. The second-order valence-electron chi connectivity index (χ2n) is 8.28. The lowest BCUT2D eigenvalue weighted by atomic mass is 9.81. The number of carbonyl (C=O) groups is 1. The predicted octanol–water partition coefficient (Wildman–Crippen LogP) is 4.47. The number of para-hydroxylation sites is 2. The Morgan fingerprint density at radius 1 is 1.16 bits per heavy atom. The molecule has 0 N–H and O–H groups in total. The number of fused-ring (bicyclic) bond motifs is 1. The smallest absolute Gasteiger partial charge is 0.266 e. The first-order valence-corrected chi connectivity index (χ1v) is 11.8. The Kier molecular flexibility index (Phi) is 6.33. The Morgan fingerprint density at radius 3 is 2.56 bits per heavy atom. The molecule has 164 valence electrons. The number of hydrogen-bond donors (Lipinski definition) is 0. The van der Waals surface area contributed by atoms with E-state index < -0.39 is 5.54 Å². The van der Waals surface area contributed by atoms with Crippen LogP contribution in [0.4, 0.5) is 0 Å². The lowest BCUT2D eigenvalue weighted by Gasteiger charge is -2.39. The zero-order chi connectivity index (χ0) is 22.7. The van der Waals surface area contributed by atoms with Gasteiger partial charge in [0.25, 0.3) is 5.56 Å². The van der Waals surface area contributed by atoms with E-state index in [2.05, 4.69) is 6.07 Å². The molecule has 0 bridgehead atoms. The molecule has 1 aromatic heterocycles. The van der Waals surface area contributed by atoms with Crippen molar-refractivity contribution in [2.45, 2.75) is 49.7 Å². The summed E-state index contributed by atoms with van der Waals surface area (Å²) in [5.74, 6) is -0.0199. The van der Waals surface area contributed by atoms with E-state index in [-0.39, 0.29) is 17.2 Å². The quantitative estimate of drug-likeness (QED) is 0.427. The van der Waals surface area contributed by atoms with E-state index in [9.17, 15) is 14.9 Å². The Labute approximate surface area is 191 Å². The van der Waals surface area contributed by atoms with E-state index in [0.29, 0.717) is 28.9 Å². The van der Waals surface area contributed by atoms with Crippen LogP contribution in [0.5, 0.6) is 0 Å². The first-order chi connectivity index (χ1) is 15.5. The maximum Gasteiger partial charge on any atom is 0.266 e. The molecular formula is C25H26N4O2S. The molecule has 0 aliphatic heterocycles. The highest BCUT2D eigenvalue weighted by Crippen LogP contribution is 2.33.